The number of piperidine rings is 1. The Balaban J connectivity index is 1.48. The van der Waals surface area contributed by atoms with Crippen molar-refractivity contribution in [1.29, 1.82) is 0 Å². The summed E-state index contributed by atoms with van der Waals surface area (Å²) in [6.07, 6.45) is 2.05. The summed E-state index contributed by atoms with van der Waals surface area (Å²) in [6, 6.07) is 19.5. The van der Waals surface area contributed by atoms with Gasteiger partial charge in [-0.2, -0.15) is 0 Å². The standard InChI is InChI=1S/C21H24N4O3S/c1-29(26,27)24-19-14-25(13-12-18(19)16-8-4-2-5-9-16)15-20-22-23-21(28-20)17-10-6-3-7-11-17/h2-11,18-19,24H,12-15H2,1H3/t18-,19-/m0/s1. The zero-order valence-corrected chi connectivity index (χ0v) is 17.0. The van der Waals surface area contributed by atoms with Gasteiger partial charge in [-0.05, 0) is 30.7 Å². The van der Waals surface area contributed by atoms with E-state index in [0.717, 1.165) is 24.1 Å². The molecule has 1 aliphatic heterocycles. The van der Waals surface area contributed by atoms with E-state index in [1.165, 1.54) is 6.26 Å². The Bertz CT molecular complexity index is 1040. The van der Waals surface area contributed by atoms with Crippen LogP contribution >= 0.6 is 0 Å². The van der Waals surface area contributed by atoms with E-state index in [4.69, 9.17) is 4.42 Å². The summed E-state index contributed by atoms with van der Waals surface area (Å²) in [5, 5.41) is 8.30. The summed E-state index contributed by atoms with van der Waals surface area (Å²) in [7, 11) is -3.32. The Morgan fingerprint density at radius 1 is 1.07 bits per heavy atom. The van der Waals surface area contributed by atoms with E-state index in [1.54, 1.807) is 0 Å². The van der Waals surface area contributed by atoms with E-state index in [-0.39, 0.29) is 12.0 Å². The van der Waals surface area contributed by atoms with Gasteiger partial charge in [0.1, 0.15) is 0 Å². The molecule has 1 aliphatic rings. The first-order chi connectivity index (χ1) is 14.0. The lowest BCUT2D eigenvalue weighted by Gasteiger charge is -2.38. The number of hydrogen-bond donors (Lipinski definition) is 1. The van der Waals surface area contributed by atoms with Gasteiger partial charge in [-0.25, -0.2) is 13.1 Å². The van der Waals surface area contributed by atoms with Crippen molar-refractivity contribution >= 4 is 10.0 Å². The number of nitrogens with one attached hydrogen (secondary N) is 1. The van der Waals surface area contributed by atoms with E-state index in [2.05, 4.69) is 32.0 Å². The quantitative estimate of drug-likeness (QED) is 0.670. The predicted molar refractivity (Wildman–Crippen MR) is 111 cm³/mol. The van der Waals surface area contributed by atoms with Crippen LogP contribution in [0.5, 0.6) is 0 Å². The predicted octanol–water partition coefficient (Wildman–Crippen LogP) is 2.64. The third-order valence-corrected chi connectivity index (χ3v) is 5.87. The highest BCUT2D eigenvalue weighted by molar-refractivity contribution is 7.88. The molecule has 0 radical (unpaired) electrons. The molecule has 152 valence electrons. The molecule has 7 nitrogen and oxygen atoms in total. The zero-order valence-electron chi connectivity index (χ0n) is 16.2. The van der Waals surface area contributed by atoms with Crippen LogP contribution in [0.2, 0.25) is 0 Å². The lowest BCUT2D eigenvalue weighted by atomic mass is 9.86. The van der Waals surface area contributed by atoms with Gasteiger partial charge in [-0.15, -0.1) is 10.2 Å². The molecule has 2 atom stereocenters. The van der Waals surface area contributed by atoms with Crippen LogP contribution in [0.15, 0.2) is 65.1 Å². The molecule has 0 spiro atoms. The van der Waals surface area contributed by atoms with Crippen LogP contribution in [0.3, 0.4) is 0 Å². The maximum atomic E-state index is 11.9. The fourth-order valence-corrected chi connectivity index (χ4v) is 4.65. The first-order valence-corrected chi connectivity index (χ1v) is 11.5. The highest BCUT2D eigenvalue weighted by Gasteiger charge is 2.32. The van der Waals surface area contributed by atoms with Gasteiger partial charge in [-0.3, -0.25) is 4.90 Å². The Kier molecular flexibility index (Phi) is 5.75. The van der Waals surface area contributed by atoms with Gasteiger partial charge in [0.25, 0.3) is 0 Å². The molecule has 4 rings (SSSR count). The summed E-state index contributed by atoms with van der Waals surface area (Å²) in [5.41, 5.74) is 2.03. The maximum absolute atomic E-state index is 11.9. The molecule has 1 fully saturated rings. The van der Waals surface area contributed by atoms with E-state index < -0.39 is 10.0 Å². The molecular weight excluding hydrogens is 388 g/mol. The molecule has 8 heteroatoms. The zero-order chi connectivity index (χ0) is 20.3. The van der Waals surface area contributed by atoms with Crippen LogP contribution in [0, 0.1) is 0 Å². The minimum Gasteiger partial charge on any atom is -0.419 e. The van der Waals surface area contributed by atoms with Crippen LogP contribution in [0.25, 0.3) is 11.5 Å². The molecule has 2 heterocycles. The second-order valence-electron chi connectivity index (χ2n) is 7.40. The van der Waals surface area contributed by atoms with Crippen molar-refractivity contribution in [2.45, 2.75) is 24.9 Å². The first-order valence-electron chi connectivity index (χ1n) is 9.60. The number of hydrogen-bond acceptors (Lipinski definition) is 6. The van der Waals surface area contributed by atoms with Gasteiger partial charge in [0, 0.05) is 24.1 Å². The lowest BCUT2D eigenvalue weighted by Crippen LogP contribution is -2.51. The van der Waals surface area contributed by atoms with E-state index in [0.29, 0.717) is 24.9 Å². The van der Waals surface area contributed by atoms with Crippen molar-refractivity contribution in [2.75, 3.05) is 19.3 Å². The molecule has 0 unspecified atom stereocenters. The maximum Gasteiger partial charge on any atom is 0.247 e. The van der Waals surface area contributed by atoms with E-state index in [1.807, 2.05) is 48.5 Å². The summed E-state index contributed by atoms with van der Waals surface area (Å²) in [6.45, 7) is 1.89. The summed E-state index contributed by atoms with van der Waals surface area (Å²) in [5.74, 6) is 1.15. The van der Waals surface area contributed by atoms with E-state index in [9.17, 15) is 8.42 Å². The van der Waals surface area contributed by atoms with Gasteiger partial charge in [0.05, 0.1) is 12.8 Å². The second kappa shape index (κ2) is 8.44. The molecule has 1 N–H and O–H groups in total. The molecule has 29 heavy (non-hydrogen) atoms. The Morgan fingerprint density at radius 3 is 2.45 bits per heavy atom. The fraction of sp³-hybridized carbons (Fsp3) is 0.333. The van der Waals surface area contributed by atoms with Crippen LogP contribution in [-0.4, -0.2) is 48.9 Å². The highest BCUT2D eigenvalue weighted by atomic mass is 32.2. The second-order valence-corrected chi connectivity index (χ2v) is 9.18. The summed E-state index contributed by atoms with van der Waals surface area (Å²) in [4.78, 5) is 2.16. The normalized spacial score (nSPS) is 20.6. The molecule has 2 aromatic carbocycles. The number of nitrogens with zero attached hydrogens (tertiary/aromatic N) is 3. The van der Waals surface area contributed by atoms with Crippen molar-refractivity contribution in [1.82, 2.24) is 19.8 Å². The van der Waals surface area contributed by atoms with Crippen molar-refractivity contribution in [2.24, 2.45) is 0 Å². The van der Waals surface area contributed by atoms with E-state index >= 15 is 0 Å². The SMILES string of the molecule is CS(=O)(=O)N[C@H]1CN(Cc2nnc(-c3ccccc3)o2)CC[C@H]1c1ccccc1. The van der Waals surface area contributed by atoms with Crippen LogP contribution < -0.4 is 4.72 Å². The Hall–Kier alpha value is -2.55. The minimum absolute atomic E-state index is 0.129. The largest absolute Gasteiger partial charge is 0.419 e. The number of likely N-dealkylation sites (tertiary alicyclic amines) is 1. The van der Waals surface area contributed by atoms with Crippen LogP contribution in [0.4, 0.5) is 0 Å². The average molecular weight is 413 g/mol. The monoisotopic (exact) mass is 412 g/mol. The van der Waals surface area contributed by atoms with Gasteiger partial charge in [0.15, 0.2) is 0 Å². The molecule has 0 bridgehead atoms. The number of sulfonamides is 1. The van der Waals surface area contributed by atoms with Gasteiger partial charge >= 0.3 is 0 Å². The van der Waals surface area contributed by atoms with Crippen molar-refractivity contribution in [3.8, 4) is 11.5 Å². The van der Waals surface area contributed by atoms with Gasteiger partial charge in [-0.1, -0.05) is 48.5 Å². The lowest BCUT2D eigenvalue weighted by molar-refractivity contribution is 0.163. The number of benzene rings is 2. The molecular formula is C21H24N4O3S. The Morgan fingerprint density at radius 2 is 1.76 bits per heavy atom. The molecule has 0 saturated carbocycles. The van der Waals surface area contributed by atoms with Gasteiger partial charge < -0.3 is 4.42 Å². The number of rotatable bonds is 6. The minimum atomic E-state index is -3.32. The average Bonchev–Trinajstić information content (AvgIpc) is 3.17. The fourth-order valence-electron chi connectivity index (χ4n) is 3.86. The van der Waals surface area contributed by atoms with Crippen LogP contribution in [-0.2, 0) is 16.6 Å². The molecule has 0 amide bonds. The van der Waals surface area contributed by atoms with Gasteiger partial charge in [0.2, 0.25) is 21.8 Å². The molecule has 3 aromatic rings. The third kappa shape index (κ3) is 5.09. The number of aromatic nitrogens is 2. The van der Waals surface area contributed by atoms with Crippen molar-refractivity contribution < 1.29 is 12.8 Å². The summed E-state index contributed by atoms with van der Waals surface area (Å²) >= 11 is 0. The van der Waals surface area contributed by atoms with Crippen molar-refractivity contribution in [3.05, 3.63) is 72.1 Å². The Labute approximate surface area is 170 Å². The smallest absolute Gasteiger partial charge is 0.247 e. The summed E-state index contributed by atoms with van der Waals surface area (Å²) < 4.78 is 32.5. The third-order valence-electron chi connectivity index (χ3n) is 5.14. The molecule has 1 saturated heterocycles. The highest BCUT2D eigenvalue weighted by Crippen LogP contribution is 2.29. The van der Waals surface area contributed by atoms with Crippen LogP contribution in [0.1, 0.15) is 23.8 Å². The topological polar surface area (TPSA) is 88.3 Å². The first kappa shape index (κ1) is 19.8. The molecule has 1 aromatic heterocycles. The van der Waals surface area contributed by atoms with Crippen molar-refractivity contribution in [3.63, 3.8) is 0 Å². The molecule has 0 aliphatic carbocycles.